The van der Waals surface area contributed by atoms with Gasteiger partial charge in [-0.2, -0.15) is 0 Å². The van der Waals surface area contributed by atoms with E-state index in [-0.39, 0.29) is 11.7 Å². The van der Waals surface area contributed by atoms with Crippen molar-refractivity contribution in [3.05, 3.63) is 99.3 Å². The third-order valence-electron chi connectivity index (χ3n) is 3.64. The van der Waals surface area contributed by atoms with Gasteiger partial charge in [-0.3, -0.25) is 15.1 Å². The molecule has 1 heterocycles. The molecule has 1 aromatic heterocycles. The molecule has 0 radical (unpaired) electrons. The second kappa shape index (κ2) is 7.10. The third kappa shape index (κ3) is 3.52. The Balaban J connectivity index is 1.97. The fraction of sp³-hybridized carbons (Fsp3) is 0.0556. The van der Waals surface area contributed by atoms with Crippen LogP contribution in [0.3, 0.4) is 0 Å². The second-order valence-electron chi connectivity index (χ2n) is 5.19. The lowest BCUT2D eigenvalue weighted by atomic mass is 9.99. The summed E-state index contributed by atoms with van der Waals surface area (Å²) < 4.78 is 0. The Morgan fingerprint density at radius 3 is 2.29 bits per heavy atom. The number of aromatic nitrogens is 1. The van der Waals surface area contributed by atoms with Gasteiger partial charge in [-0.1, -0.05) is 41.9 Å². The van der Waals surface area contributed by atoms with Crippen LogP contribution in [0.4, 0.5) is 11.4 Å². The standard InChI is InChI=1S/C18H14ClN3O2/c19-16-12-15(22(23)24)6-7-17(16)21-18(13-4-2-1-3-5-13)14-8-10-20-11-9-14/h1-12,18,21H/t18-/m1/s1. The second-order valence-corrected chi connectivity index (χ2v) is 5.60. The summed E-state index contributed by atoms with van der Waals surface area (Å²) >= 11 is 6.21. The zero-order valence-electron chi connectivity index (χ0n) is 12.6. The van der Waals surface area contributed by atoms with E-state index >= 15 is 0 Å². The average Bonchev–Trinajstić information content (AvgIpc) is 2.62. The van der Waals surface area contributed by atoms with E-state index in [1.807, 2.05) is 42.5 Å². The summed E-state index contributed by atoms with van der Waals surface area (Å²) in [4.78, 5) is 14.4. The van der Waals surface area contributed by atoms with Crippen LogP contribution in [0.15, 0.2) is 73.1 Å². The minimum Gasteiger partial charge on any atom is -0.373 e. The first-order valence-corrected chi connectivity index (χ1v) is 7.68. The van der Waals surface area contributed by atoms with Crippen molar-refractivity contribution < 1.29 is 4.92 Å². The van der Waals surface area contributed by atoms with Gasteiger partial charge in [0.2, 0.25) is 0 Å². The van der Waals surface area contributed by atoms with E-state index in [1.54, 1.807) is 18.5 Å². The number of benzene rings is 2. The molecule has 0 saturated heterocycles. The molecule has 5 nitrogen and oxygen atoms in total. The van der Waals surface area contributed by atoms with Crippen molar-refractivity contribution in [1.29, 1.82) is 0 Å². The third-order valence-corrected chi connectivity index (χ3v) is 3.95. The van der Waals surface area contributed by atoms with E-state index in [4.69, 9.17) is 11.6 Å². The lowest BCUT2D eigenvalue weighted by Crippen LogP contribution is -2.12. The average molecular weight is 340 g/mol. The Morgan fingerprint density at radius 1 is 1.00 bits per heavy atom. The molecule has 0 bridgehead atoms. The first-order chi connectivity index (χ1) is 11.6. The van der Waals surface area contributed by atoms with Crippen molar-refractivity contribution in [1.82, 2.24) is 4.98 Å². The number of nitro benzene ring substituents is 1. The number of non-ortho nitro benzene ring substituents is 1. The maximum Gasteiger partial charge on any atom is 0.271 e. The zero-order chi connectivity index (χ0) is 16.9. The molecule has 0 amide bonds. The number of hydrogen-bond donors (Lipinski definition) is 1. The predicted molar refractivity (Wildman–Crippen MR) is 94.3 cm³/mol. The topological polar surface area (TPSA) is 68.1 Å². The SMILES string of the molecule is O=[N+]([O-])c1ccc(N[C@H](c2ccccc2)c2ccncc2)c(Cl)c1. The fourth-order valence-corrected chi connectivity index (χ4v) is 2.68. The van der Waals surface area contributed by atoms with Gasteiger partial charge in [0.25, 0.3) is 5.69 Å². The lowest BCUT2D eigenvalue weighted by molar-refractivity contribution is -0.384. The Kier molecular flexibility index (Phi) is 4.72. The van der Waals surface area contributed by atoms with E-state index in [1.165, 1.54) is 12.1 Å². The van der Waals surface area contributed by atoms with Gasteiger partial charge in [-0.05, 0) is 29.3 Å². The number of hydrogen-bond acceptors (Lipinski definition) is 4. The molecular weight excluding hydrogens is 326 g/mol. The Labute approximate surface area is 144 Å². The van der Waals surface area contributed by atoms with Crippen molar-refractivity contribution in [2.24, 2.45) is 0 Å². The summed E-state index contributed by atoms with van der Waals surface area (Å²) in [5.41, 5.74) is 2.67. The molecule has 3 aromatic rings. The van der Waals surface area contributed by atoms with Crippen LogP contribution >= 0.6 is 11.6 Å². The number of pyridine rings is 1. The van der Waals surface area contributed by atoms with Gasteiger partial charge >= 0.3 is 0 Å². The highest BCUT2D eigenvalue weighted by Gasteiger charge is 2.16. The predicted octanol–water partition coefficient (Wildman–Crippen LogP) is 4.84. The van der Waals surface area contributed by atoms with Gasteiger partial charge in [-0.25, -0.2) is 0 Å². The largest absolute Gasteiger partial charge is 0.373 e. The number of anilines is 1. The Morgan fingerprint density at radius 2 is 1.67 bits per heavy atom. The molecule has 0 spiro atoms. The van der Waals surface area contributed by atoms with Gasteiger partial charge < -0.3 is 5.32 Å². The van der Waals surface area contributed by atoms with Gasteiger partial charge in [-0.15, -0.1) is 0 Å². The maximum atomic E-state index is 10.8. The summed E-state index contributed by atoms with van der Waals surface area (Å²) in [5.74, 6) is 0. The molecule has 6 heteroatoms. The van der Waals surface area contributed by atoms with Crippen LogP contribution in [0, 0.1) is 10.1 Å². The molecule has 0 aliphatic rings. The normalized spacial score (nSPS) is 11.7. The molecule has 1 N–H and O–H groups in total. The van der Waals surface area contributed by atoms with E-state index in [2.05, 4.69) is 10.3 Å². The van der Waals surface area contributed by atoms with Crippen molar-refractivity contribution in [3.8, 4) is 0 Å². The van der Waals surface area contributed by atoms with E-state index in [0.29, 0.717) is 10.7 Å². The molecule has 1 atom stereocenters. The van der Waals surface area contributed by atoms with Crippen LogP contribution < -0.4 is 5.32 Å². The van der Waals surface area contributed by atoms with Crippen molar-refractivity contribution in [2.45, 2.75) is 6.04 Å². The Hall–Kier alpha value is -2.92. The van der Waals surface area contributed by atoms with Crippen molar-refractivity contribution in [2.75, 3.05) is 5.32 Å². The van der Waals surface area contributed by atoms with Crippen LogP contribution in [-0.4, -0.2) is 9.91 Å². The molecule has 24 heavy (non-hydrogen) atoms. The zero-order valence-corrected chi connectivity index (χ0v) is 13.4. The summed E-state index contributed by atoms with van der Waals surface area (Å²) in [5, 5.41) is 14.5. The molecule has 0 unspecified atom stereocenters. The van der Waals surface area contributed by atoms with Crippen LogP contribution in [0.2, 0.25) is 5.02 Å². The first-order valence-electron chi connectivity index (χ1n) is 7.30. The number of nitrogens with one attached hydrogen (secondary N) is 1. The van der Waals surface area contributed by atoms with Crippen LogP contribution in [0.5, 0.6) is 0 Å². The van der Waals surface area contributed by atoms with E-state index < -0.39 is 4.92 Å². The van der Waals surface area contributed by atoms with Crippen molar-refractivity contribution in [3.63, 3.8) is 0 Å². The number of halogens is 1. The number of nitro groups is 1. The summed E-state index contributed by atoms with van der Waals surface area (Å²) in [7, 11) is 0. The smallest absolute Gasteiger partial charge is 0.271 e. The maximum absolute atomic E-state index is 10.8. The van der Waals surface area contributed by atoms with Gasteiger partial charge in [0.15, 0.2) is 0 Å². The number of nitrogens with zero attached hydrogens (tertiary/aromatic N) is 2. The first kappa shape index (κ1) is 16.0. The minimum atomic E-state index is -0.465. The van der Waals surface area contributed by atoms with E-state index in [9.17, 15) is 10.1 Å². The minimum absolute atomic E-state index is 0.0364. The molecule has 0 saturated carbocycles. The highest BCUT2D eigenvalue weighted by Crippen LogP contribution is 2.32. The molecule has 3 rings (SSSR count). The lowest BCUT2D eigenvalue weighted by Gasteiger charge is -2.21. The molecule has 0 fully saturated rings. The summed E-state index contributed by atoms with van der Waals surface area (Å²) in [6, 6.07) is 18.0. The fourth-order valence-electron chi connectivity index (χ4n) is 2.45. The quantitative estimate of drug-likeness (QED) is 0.533. The molecule has 120 valence electrons. The van der Waals surface area contributed by atoms with Gasteiger partial charge in [0.1, 0.15) is 0 Å². The summed E-state index contributed by atoms with van der Waals surface area (Å²) in [6.07, 6.45) is 3.45. The number of rotatable bonds is 5. The van der Waals surface area contributed by atoms with Crippen LogP contribution in [0.25, 0.3) is 0 Å². The molecule has 0 aliphatic carbocycles. The summed E-state index contributed by atoms with van der Waals surface area (Å²) in [6.45, 7) is 0. The monoisotopic (exact) mass is 339 g/mol. The van der Waals surface area contributed by atoms with Crippen LogP contribution in [-0.2, 0) is 0 Å². The molecular formula is C18H14ClN3O2. The van der Waals surface area contributed by atoms with Gasteiger partial charge in [0.05, 0.1) is 21.7 Å². The highest BCUT2D eigenvalue weighted by molar-refractivity contribution is 6.33. The van der Waals surface area contributed by atoms with Crippen LogP contribution in [0.1, 0.15) is 17.2 Å². The highest BCUT2D eigenvalue weighted by atomic mass is 35.5. The molecule has 0 aliphatic heterocycles. The Bertz CT molecular complexity index is 802. The molecule has 2 aromatic carbocycles. The van der Waals surface area contributed by atoms with E-state index in [0.717, 1.165) is 11.1 Å². The van der Waals surface area contributed by atoms with Gasteiger partial charge in [0, 0.05) is 24.5 Å². The van der Waals surface area contributed by atoms with Crippen molar-refractivity contribution >= 4 is 23.0 Å².